The highest BCUT2D eigenvalue weighted by Crippen LogP contribution is 2.25. The smallest absolute Gasteiger partial charge is 0.230 e. The molecular weight excluding hydrogens is 254 g/mol. The molecule has 1 amide bonds. The number of hydrogen-bond donors (Lipinski definition) is 1. The van der Waals surface area contributed by atoms with Crippen molar-refractivity contribution in [3.8, 4) is 0 Å². The van der Waals surface area contributed by atoms with E-state index in [9.17, 15) is 4.79 Å². The van der Waals surface area contributed by atoms with Crippen LogP contribution in [0.1, 0.15) is 46.6 Å². The fourth-order valence-corrected chi connectivity index (χ4v) is 2.33. The maximum atomic E-state index is 11.7. The molecule has 106 valence electrons. The SMILES string of the molecule is CCC(C)NC(=O)CSc1ccc(C(C)(C)C)cc1. The summed E-state index contributed by atoms with van der Waals surface area (Å²) < 4.78 is 0. The monoisotopic (exact) mass is 279 g/mol. The van der Waals surface area contributed by atoms with Gasteiger partial charge < -0.3 is 5.32 Å². The Balaban J connectivity index is 2.48. The molecule has 0 fully saturated rings. The number of carbonyl (C=O) groups excluding carboxylic acids is 1. The van der Waals surface area contributed by atoms with Crippen molar-refractivity contribution < 1.29 is 4.79 Å². The Hall–Kier alpha value is -0.960. The largest absolute Gasteiger partial charge is 0.353 e. The second kappa shape index (κ2) is 6.99. The van der Waals surface area contributed by atoms with Crippen molar-refractivity contribution in [1.82, 2.24) is 5.32 Å². The van der Waals surface area contributed by atoms with Crippen molar-refractivity contribution >= 4 is 17.7 Å². The third kappa shape index (κ3) is 5.68. The highest BCUT2D eigenvalue weighted by molar-refractivity contribution is 8.00. The Morgan fingerprint density at radius 1 is 1.26 bits per heavy atom. The van der Waals surface area contributed by atoms with E-state index in [1.165, 1.54) is 5.56 Å². The van der Waals surface area contributed by atoms with Crippen LogP contribution in [0, 0.1) is 0 Å². The summed E-state index contributed by atoms with van der Waals surface area (Å²) in [6.07, 6.45) is 0.969. The molecule has 1 rings (SSSR count). The highest BCUT2D eigenvalue weighted by Gasteiger charge is 2.13. The molecule has 0 saturated carbocycles. The Bertz CT molecular complexity index is 406. The van der Waals surface area contributed by atoms with E-state index in [4.69, 9.17) is 0 Å². The number of rotatable bonds is 5. The topological polar surface area (TPSA) is 29.1 Å². The van der Waals surface area contributed by atoms with Gasteiger partial charge in [-0.25, -0.2) is 0 Å². The van der Waals surface area contributed by atoms with E-state index in [1.807, 2.05) is 6.92 Å². The lowest BCUT2D eigenvalue weighted by atomic mass is 9.87. The van der Waals surface area contributed by atoms with Crippen LogP contribution in [0.15, 0.2) is 29.2 Å². The van der Waals surface area contributed by atoms with Gasteiger partial charge in [-0.1, -0.05) is 39.8 Å². The molecule has 19 heavy (non-hydrogen) atoms. The fourth-order valence-electron chi connectivity index (χ4n) is 1.62. The van der Waals surface area contributed by atoms with E-state index in [0.717, 1.165) is 11.3 Å². The molecule has 1 aromatic carbocycles. The zero-order valence-corrected chi connectivity index (χ0v) is 13.4. The Morgan fingerprint density at radius 3 is 2.32 bits per heavy atom. The quantitative estimate of drug-likeness (QED) is 0.826. The van der Waals surface area contributed by atoms with Gasteiger partial charge in [0.2, 0.25) is 5.91 Å². The van der Waals surface area contributed by atoms with Crippen LogP contribution in [0.4, 0.5) is 0 Å². The number of hydrogen-bond acceptors (Lipinski definition) is 2. The van der Waals surface area contributed by atoms with Gasteiger partial charge in [0.25, 0.3) is 0 Å². The number of amides is 1. The van der Waals surface area contributed by atoms with Crippen LogP contribution in [-0.2, 0) is 10.2 Å². The summed E-state index contributed by atoms with van der Waals surface area (Å²) in [4.78, 5) is 12.8. The van der Waals surface area contributed by atoms with Crippen molar-refractivity contribution in [1.29, 1.82) is 0 Å². The van der Waals surface area contributed by atoms with Crippen LogP contribution in [0.5, 0.6) is 0 Å². The van der Waals surface area contributed by atoms with Crippen molar-refractivity contribution in [3.05, 3.63) is 29.8 Å². The first-order valence-electron chi connectivity index (χ1n) is 6.85. The third-order valence-electron chi connectivity index (χ3n) is 3.11. The molecule has 0 aliphatic carbocycles. The molecule has 0 aliphatic heterocycles. The third-order valence-corrected chi connectivity index (χ3v) is 4.12. The van der Waals surface area contributed by atoms with Gasteiger partial charge in [-0.2, -0.15) is 0 Å². The number of carbonyl (C=O) groups is 1. The van der Waals surface area contributed by atoms with Gasteiger partial charge in [-0.3, -0.25) is 4.79 Å². The van der Waals surface area contributed by atoms with Gasteiger partial charge in [-0.05, 0) is 36.5 Å². The van der Waals surface area contributed by atoms with Crippen molar-refractivity contribution in [2.75, 3.05) is 5.75 Å². The molecule has 0 aromatic heterocycles. The minimum atomic E-state index is 0.110. The molecule has 3 heteroatoms. The van der Waals surface area contributed by atoms with E-state index in [0.29, 0.717) is 5.75 Å². The second-order valence-corrected chi connectivity index (χ2v) is 6.99. The standard InChI is InChI=1S/C16H25NOS/c1-6-12(2)17-15(18)11-19-14-9-7-13(8-10-14)16(3,4)5/h7-10,12H,6,11H2,1-5H3,(H,17,18). The summed E-state index contributed by atoms with van der Waals surface area (Å²) in [5.74, 6) is 0.596. The molecular formula is C16H25NOS. The predicted molar refractivity (Wildman–Crippen MR) is 83.8 cm³/mol. The predicted octanol–water partition coefficient (Wildman–Crippen LogP) is 3.99. The van der Waals surface area contributed by atoms with Crippen LogP contribution >= 0.6 is 11.8 Å². The lowest BCUT2D eigenvalue weighted by molar-refractivity contribution is -0.119. The summed E-state index contributed by atoms with van der Waals surface area (Å²) in [5.41, 5.74) is 1.50. The van der Waals surface area contributed by atoms with Crippen LogP contribution < -0.4 is 5.32 Å². The van der Waals surface area contributed by atoms with E-state index < -0.39 is 0 Å². The van der Waals surface area contributed by atoms with Crippen LogP contribution in [0.25, 0.3) is 0 Å². The zero-order valence-electron chi connectivity index (χ0n) is 12.6. The van der Waals surface area contributed by atoms with Gasteiger partial charge >= 0.3 is 0 Å². The summed E-state index contributed by atoms with van der Waals surface area (Å²) in [6, 6.07) is 8.75. The fraction of sp³-hybridized carbons (Fsp3) is 0.562. The van der Waals surface area contributed by atoms with Gasteiger partial charge in [0.05, 0.1) is 5.75 Å². The van der Waals surface area contributed by atoms with E-state index in [-0.39, 0.29) is 17.4 Å². The zero-order chi connectivity index (χ0) is 14.5. The van der Waals surface area contributed by atoms with Gasteiger partial charge in [0, 0.05) is 10.9 Å². The van der Waals surface area contributed by atoms with E-state index >= 15 is 0 Å². The average Bonchev–Trinajstić information content (AvgIpc) is 2.35. The van der Waals surface area contributed by atoms with Crippen molar-refractivity contribution in [2.45, 2.75) is 57.4 Å². The van der Waals surface area contributed by atoms with E-state index in [1.54, 1.807) is 11.8 Å². The molecule has 1 unspecified atom stereocenters. The van der Waals surface area contributed by atoms with Crippen molar-refractivity contribution in [2.24, 2.45) is 0 Å². The maximum Gasteiger partial charge on any atom is 0.230 e. The number of benzene rings is 1. The minimum absolute atomic E-state index is 0.110. The minimum Gasteiger partial charge on any atom is -0.353 e. The molecule has 0 heterocycles. The first-order valence-corrected chi connectivity index (χ1v) is 7.84. The number of thioether (sulfide) groups is 1. The molecule has 0 aliphatic rings. The van der Waals surface area contributed by atoms with Gasteiger partial charge in [0.1, 0.15) is 0 Å². The molecule has 2 nitrogen and oxygen atoms in total. The summed E-state index contributed by atoms with van der Waals surface area (Å²) in [7, 11) is 0. The average molecular weight is 279 g/mol. The molecule has 1 atom stereocenters. The van der Waals surface area contributed by atoms with Gasteiger partial charge in [0.15, 0.2) is 0 Å². The van der Waals surface area contributed by atoms with Crippen molar-refractivity contribution in [3.63, 3.8) is 0 Å². The molecule has 1 aromatic rings. The Morgan fingerprint density at radius 2 is 1.84 bits per heavy atom. The highest BCUT2D eigenvalue weighted by atomic mass is 32.2. The van der Waals surface area contributed by atoms with Gasteiger partial charge in [-0.15, -0.1) is 11.8 Å². The second-order valence-electron chi connectivity index (χ2n) is 5.94. The first-order chi connectivity index (χ1) is 8.82. The summed E-state index contributed by atoms with van der Waals surface area (Å²) >= 11 is 1.59. The molecule has 0 saturated heterocycles. The first kappa shape index (κ1) is 16.1. The molecule has 0 radical (unpaired) electrons. The lowest BCUT2D eigenvalue weighted by Gasteiger charge is -2.19. The maximum absolute atomic E-state index is 11.7. The summed E-state index contributed by atoms with van der Waals surface area (Å²) in [5, 5.41) is 2.98. The lowest BCUT2D eigenvalue weighted by Crippen LogP contribution is -2.33. The summed E-state index contributed by atoms with van der Waals surface area (Å²) in [6.45, 7) is 10.7. The normalized spacial score (nSPS) is 13.1. The van der Waals surface area contributed by atoms with E-state index in [2.05, 4.69) is 57.3 Å². The molecule has 0 bridgehead atoms. The molecule has 1 N–H and O–H groups in total. The number of nitrogens with one attached hydrogen (secondary N) is 1. The van der Waals surface area contributed by atoms with Crippen LogP contribution in [-0.4, -0.2) is 17.7 Å². The van der Waals surface area contributed by atoms with Crippen LogP contribution in [0.2, 0.25) is 0 Å². The Kier molecular flexibility index (Phi) is 5.92. The molecule has 0 spiro atoms. The van der Waals surface area contributed by atoms with Crippen LogP contribution in [0.3, 0.4) is 0 Å². The Labute approximate surface area is 121 Å².